The Balaban J connectivity index is 1.87. The molecule has 1 heterocycles. The van der Waals surface area contributed by atoms with Gasteiger partial charge in [-0.05, 0) is 37.0 Å². The Morgan fingerprint density at radius 2 is 1.77 bits per heavy atom. The summed E-state index contributed by atoms with van der Waals surface area (Å²) in [6.07, 6.45) is 5.35. The van der Waals surface area contributed by atoms with Crippen LogP contribution >= 0.6 is 11.8 Å². The Labute approximate surface area is 187 Å². The molecule has 1 fully saturated rings. The van der Waals surface area contributed by atoms with Crippen molar-refractivity contribution < 1.29 is 4.74 Å². The average molecular weight is 433 g/mol. The molecule has 1 spiro atoms. The largest absolute Gasteiger partial charge is 0.495 e. The minimum atomic E-state index is -0.113. The Morgan fingerprint density at radius 1 is 1.06 bits per heavy atom. The third-order valence-corrected chi connectivity index (χ3v) is 7.57. The van der Waals surface area contributed by atoms with E-state index in [1.54, 1.807) is 23.4 Å². The monoisotopic (exact) mass is 432 g/mol. The lowest BCUT2D eigenvalue weighted by molar-refractivity contribution is 0.407. The average Bonchev–Trinajstić information content (AvgIpc) is 3.22. The number of hydrogen-bond acceptors (Lipinski definition) is 4. The number of fused-ring (bicyclic) bond motifs is 4. The Bertz CT molecular complexity index is 1190. The summed E-state index contributed by atoms with van der Waals surface area (Å²) in [5.41, 5.74) is 4.95. The van der Waals surface area contributed by atoms with E-state index in [-0.39, 0.29) is 11.0 Å². The first-order chi connectivity index (χ1) is 15.0. The number of thioether (sulfide) groups is 1. The van der Waals surface area contributed by atoms with Gasteiger partial charge in [-0.25, -0.2) is 4.98 Å². The second-order valence-corrected chi connectivity index (χ2v) is 10.5. The highest BCUT2D eigenvalue weighted by Crippen LogP contribution is 2.50. The van der Waals surface area contributed by atoms with Crippen molar-refractivity contribution in [3.8, 4) is 22.7 Å². The van der Waals surface area contributed by atoms with Gasteiger partial charge in [0.15, 0.2) is 5.16 Å². The van der Waals surface area contributed by atoms with Crippen molar-refractivity contribution in [2.24, 2.45) is 0 Å². The van der Waals surface area contributed by atoms with E-state index in [1.165, 1.54) is 5.56 Å². The van der Waals surface area contributed by atoms with Gasteiger partial charge in [-0.15, -0.1) is 0 Å². The quantitative estimate of drug-likeness (QED) is 0.387. The van der Waals surface area contributed by atoms with E-state index in [9.17, 15) is 4.79 Å². The lowest BCUT2D eigenvalue weighted by Gasteiger charge is -2.36. The van der Waals surface area contributed by atoms with E-state index < -0.39 is 0 Å². The first kappa shape index (κ1) is 20.4. The maximum Gasteiger partial charge on any atom is 0.263 e. The van der Waals surface area contributed by atoms with Gasteiger partial charge in [0, 0.05) is 16.2 Å². The molecular weight excluding hydrogens is 404 g/mol. The van der Waals surface area contributed by atoms with Gasteiger partial charge in [0.2, 0.25) is 0 Å². The van der Waals surface area contributed by atoms with Gasteiger partial charge in [0.1, 0.15) is 5.75 Å². The Hall–Kier alpha value is -2.53. The van der Waals surface area contributed by atoms with Crippen LogP contribution in [-0.4, -0.2) is 21.9 Å². The predicted octanol–water partition coefficient (Wildman–Crippen LogP) is 5.78. The molecule has 4 nitrogen and oxygen atoms in total. The molecule has 0 saturated heterocycles. The number of para-hydroxylation sites is 2. The third kappa shape index (κ3) is 3.30. The molecule has 2 aromatic carbocycles. The normalized spacial score (nSPS) is 16.4. The standard InChI is InChI=1S/C26H28N2O2S/c1-17(2)31-25-27-23-19-11-5-4-10-18(19)16-26(14-8-9-15-26)22(23)24(29)28(25)20-12-6-7-13-21(20)30-3/h4-7,10-13,17H,8-9,14-16H2,1-3H3. The molecule has 1 saturated carbocycles. The number of aromatic nitrogens is 2. The highest BCUT2D eigenvalue weighted by atomic mass is 32.2. The summed E-state index contributed by atoms with van der Waals surface area (Å²) in [5.74, 6) is 0.689. The molecule has 5 rings (SSSR count). The molecule has 2 aliphatic rings. The molecule has 0 aliphatic heterocycles. The minimum Gasteiger partial charge on any atom is -0.495 e. The molecule has 2 aliphatic carbocycles. The fourth-order valence-corrected chi connectivity index (χ4v) is 6.18. The highest BCUT2D eigenvalue weighted by molar-refractivity contribution is 7.99. The molecule has 0 atom stereocenters. The molecule has 0 radical (unpaired) electrons. The van der Waals surface area contributed by atoms with E-state index in [1.807, 2.05) is 24.3 Å². The van der Waals surface area contributed by atoms with E-state index in [0.717, 1.165) is 59.8 Å². The van der Waals surface area contributed by atoms with Crippen LogP contribution in [-0.2, 0) is 11.8 Å². The minimum absolute atomic E-state index is 0.0639. The Morgan fingerprint density at radius 3 is 2.52 bits per heavy atom. The Kier molecular flexibility index (Phi) is 5.17. The van der Waals surface area contributed by atoms with Crippen LogP contribution in [0.4, 0.5) is 0 Å². The van der Waals surface area contributed by atoms with Crippen LogP contribution in [0.5, 0.6) is 5.75 Å². The molecule has 5 heteroatoms. The molecule has 0 unspecified atom stereocenters. The van der Waals surface area contributed by atoms with Crippen molar-refractivity contribution >= 4 is 11.8 Å². The van der Waals surface area contributed by atoms with Gasteiger partial charge >= 0.3 is 0 Å². The van der Waals surface area contributed by atoms with Gasteiger partial charge in [-0.1, -0.05) is 74.8 Å². The van der Waals surface area contributed by atoms with Gasteiger partial charge in [0.05, 0.1) is 24.1 Å². The van der Waals surface area contributed by atoms with Crippen molar-refractivity contribution in [2.75, 3.05) is 7.11 Å². The first-order valence-corrected chi connectivity index (χ1v) is 12.0. The first-order valence-electron chi connectivity index (χ1n) is 11.1. The van der Waals surface area contributed by atoms with Gasteiger partial charge in [-0.2, -0.15) is 0 Å². The number of methoxy groups -OCH3 is 1. The highest BCUT2D eigenvalue weighted by Gasteiger charge is 2.44. The summed E-state index contributed by atoms with van der Waals surface area (Å²) in [6.45, 7) is 4.27. The molecule has 0 N–H and O–H groups in total. The molecule has 31 heavy (non-hydrogen) atoms. The SMILES string of the molecule is COc1ccccc1-n1c(SC(C)C)nc2c(c1=O)C1(CCCC1)Cc1ccccc1-2. The zero-order valence-electron chi connectivity index (χ0n) is 18.4. The number of nitrogens with zero attached hydrogens (tertiary/aromatic N) is 2. The van der Waals surface area contributed by atoms with Crippen molar-refractivity contribution in [3.05, 3.63) is 70.0 Å². The van der Waals surface area contributed by atoms with Crippen molar-refractivity contribution in [1.82, 2.24) is 9.55 Å². The number of rotatable bonds is 4. The molecule has 0 bridgehead atoms. The van der Waals surface area contributed by atoms with E-state index in [4.69, 9.17) is 9.72 Å². The number of hydrogen-bond donors (Lipinski definition) is 0. The summed E-state index contributed by atoms with van der Waals surface area (Å²) >= 11 is 1.63. The van der Waals surface area contributed by atoms with Crippen molar-refractivity contribution in [2.45, 2.75) is 61.8 Å². The number of benzene rings is 2. The van der Waals surface area contributed by atoms with Crippen LogP contribution in [0.15, 0.2) is 58.5 Å². The third-order valence-electron chi connectivity index (χ3n) is 6.61. The molecule has 3 aromatic rings. The van der Waals surface area contributed by atoms with Gasteiger partial charge in [0.25, 0.3) is 5.56 Å². The molecule has 0 amide bonds. The summed E-state index contributed by atoms with van der Waals surface area (Å²) in [7, 11) is 1.65. The predicted molar refractivity (Wildman–Crippen MR) is 127 cm³/mol. The zero-order valence-corrected chi connectivity index (χ0v) is 19.2. The van der Waals surface area contributed by atoms with Crippen LogP contribution in [0.2, 0.25) is 0 Å². The second kappa shape index (κ2) is 7.86. The van der Waals surface area contributed by atoms with Crippen LogP contribution in [0.3, 0.4) is 0 Å². The van der Waals surface area contributed by atoms with Crippen LogP contribution < -0.4 is 10.3 Å². The molecule has 1 aromatic heterocycles. The lowest BCUT2D eigenvalue weighted by Crippen LogP contribution is -2.40. The maximum absolute atomic E-state index is 14.3. The summed E-state index contributed by atoms with van der Waals surface area (Å²) < 4.78 is 7.44. The van der Waals surface area contributed by atoms with Crippen LogP contribution in [0, 0.1) is 0 Å². The lowest BCUT2D eigenvalue weighted by atomic mass is 9.68. The fraction of sp³-hybridized carbons (Fsp3) is 0.385. The molecule has 160 valence electrons. The van der Waals surface area contributed by atoms with Crippen LogP contribution in [0.25, 0.3) is 16.9 Å². The van der Waals surface area contributed by atoms with E-state index >= 15 is 0 Å². The van der Waals surface area contributed by atoms with Gasteiger partial charge in [-0.3, -0.25) is 9.36 Å². The zero-order chi connectivity index (χ0) is 21.6. The fourth-order valence-electron chi connectivity index (χ4n) is 5.33. The summed E-state index contributed by atoms with van der Waals surface area (Å²) in [5, 5.41) is 1.03. The summed E-state index contributed by atoms with van der Waals surface area (Å²) in [6, 6.07) is 16.2. The van der Waals surface area contributed by atoms with E-state index in [2.05, 4.69) is 38.1 Å². The van der Waals surface area contributed by atoms with Crippen LogP contribution in [0.1, 0.15) is 50.7 Å². The maximum atomic E-state index is 14.3. The summed E-state index contributed by atoms with van der Waals surface area (Å²) in [4.78, 5) is 19.5. The topological polar surface area (TPSA) is 44.1 Å². The van der Waals surface area contributed by atoms with Gasteiger partial charge < -0.3 is 4.74 Å². The second-order valence-electron chi connectivity index (χ2n) is 8.92. The molecular formula is C26H28N2O2S. The van der Waals surface area contributed by atoms with Crippen molar-refractivity contribution in [3.63, 3.8) is 0 Å². The number of ether oxygens (including phenoxy) is 1. The smallest absolute Gasteiger partial charge is 0.263 e. The van der Waals surface area contributed by atoms with E-state index in [0.29, 0.717) is 11.0 Å². The van der Waals surface area contributed by atoms with Crippen molar-refractivity contribution in [1.29, 1.82) is 0 Å².